The smallest absolute Gasteiger partial charge is 0.262 e. The molecule has 1 aliphatic heterocycles. The summed E-state index contributed by atoms with van der Waals surface area (Å²) in [5.74, 6) is 0.407. The minimum Gasteiger partial charge on any atom is -0.482 e. The molecular formula is C18H22N4O3. The summed E-state index contributed by atoms with van der Waals surface area (Å²) in [5.41, 5.74) is 3.21. The van der Waals surface area contributed by atoms with Crippen LogP contribution in [0.3, 0.4) is 0 Å². The molecule has 0 fully saturated rings. The average molecular weight is 342 g/mol. The Kier molecular flexibility index (Phi) is 4.74. The second-order valence-electron chi connectivity index (χ2n) is 6.47. The zero-order chi connectivity index (χ0) is 18.0. The van der Waals surface area contributed by atoms with Gasteiger partial charge in [-0.1, -0.05) is 6.92 Å². The third kappa shape index (κ3) is 3.99. The lowest BCUT2D eigenvalue weighted by molar-refractivity contribution is -0.118. The first-order valence-corrected chi connectivity index (χ1v) is 8.28. The topological polar surface area (TPSA) is 85.2 Å². The van der Waals surface area contributed by atoms with Crippen LogP contribution in [0.4, 0.5) is 5.69 Å². The molecule has 7 nitrogen and oxygen atoms in total. The molecule has 7 heteroatoms. The second kappa shape index (κ2) is 6.96. The third-order valence-electron chi connectivity index (χ3n) is 4.08. The van der Waals surface area contributed by atoms with Crippen LogP contribution < -0.4 is 15.4 Å². The number of aromatic nitrogens is 2. The molecule has 0 bridgehead atoms. The van der Waals surface area contributed by atoms with Crippen LogP contribution in [-0.2, 0) is 11.3 Å². The highest BCUT2D eigenvalue weighted by molar-refractivity contribution is 5.98. The van der Waals surface area contributed by atoms with E-state index < -0.39 is 0 Å². The van der Waals surface area contributed by atoms with E-state index in [0.29, 0.717) is 23.5 Å². The summed E-state index contributed by atoms with van der Waals surface area (Å²) < 4.78 is 7.30. The molecule has 0 saturated heterocycles. The molecule has 1 aromatic carbocycles. The maximum Gasteiger partial charge on any atom is 0.262 e. The summed E-state index contributed by atoms with van der Waals surface area (Å²) in [6, 6.07) is 7.04. The predicted octanol–water partition coefficient (Wildman–Crippen LogP) is 1.90. The van der Waals surface area contributed by atoms with Crippen LogP contribution in [0.2, 0.25) is 0 Å². The Balaban J connectivity index is 1.57. The highest BCUT2D eigenvalue weighted by Gasteiger charge is 2.18. The molecule has 2 N–H and O–H groups in total. The third-order valence-corrected chi connectivity index (χ3v) is 4.08. The molecule has 0 aliphatic carbocycles. The van der Waals surface area contributed by atoms with E-state index >= 15 is 0 Å². The quantitative estimate of drug-likeness (QED) is 0.869. The van der Waals surface area contributed by atoms with Crippen molar-refractivity contribution in [3.05, 3.63) is 41.2 Å². The van der Waals surface area contributed by atoms with E-state index in [2.05, 4.69) is 22.7 Å². The van der Waals surface area contributed by atoms with E-state index in [4.69, 9.17) is 4.74 Å². The summed E-state index contributed by atoms with van der Waals surface area (Å²) in [6.45, 7) is 7.33. The lowest BCUT2D eigenvalue weighted by atomic mass is 10.1. The fraction of sp³-hybridized carbons (Fsp3) is 0.389. The fourth-order valence-electron chi connectivity index (χ4n) is 2.80. The van der Waals surface area contributed by atoms with Crippen LogP contribution in [0.5, 0.6) is 5.75 Å². The number of carbonyl (C=O) groups is 2. The number of ether oxygens (including phenoxy) is 1. The maximum atomic E-state index is 12.3. The van der Waals surface area contributed by atoms with Gasteiger partial charge in [-0.05, 0) is 44.0 Å². The first-order valence-electron chi connectivity index (χ1n) is 8.28. The molecule has 1 atom stereocenters. The van der Waals surface area contributed by atoms with Crippen molar-refractivity contribution < 1.29 is 14.3 Å². The first kappa shape index (κ1) is 17.0. The Morgan fingerprint density at radius 2 is 2.20 bits per heavy atom. The average Bonchev–Trinajstić information content (AvgIpc) is 2.89. The Morgan fingerprint density at radius 1 is 1.40 bits per heavy atom. The Bertz CT molecular complexity index is 813. The van der Waals surface area contributed by atoms with E-state index in [0.717, 1.165) is 17.9 Å². The highest BCUT2D eigenvalue weighted by atomic mass is 16.5. The van der Waals surface area contributed by atoms with Crippen molar-refractivity contribution in [3.63, 3.8) is 0 Å². The largest absolute Gasteiger partial charge is 0.482 e. The minimum atomic E-state index is -0.192. The van der Waals surface area contributed by atoms with Crippen molar-refractivity contribution in [1.29, 1.82) is 0 Å². The molecule has 1 aromatic heterocycles. The van der Waals surface area contributed by atoms with Crippen molar-refractivity contribution in [1.82, 2.24) is 15.1 Å². The van der Waals surface area contributed by atoms with Gasteiger partial charge in [0.25, 0.3) is 11.8 Å². The van der Waals surface area contributed by atoms with E-state index in [1.807, 2.05) is 24.6 Å². The van der Waals surface area contributed by atoms with Gasteiger partial charge in [-0.15, -0.1) is 0 Å². The number of carbonyl (C=O) groups excluding carboxylic acids is 2. The van der Waals surface area contributed by atoms with E-state index in [9.17, 15) is 9.59 Å². The summed E-state index contributed by atoms with van der Waals surface area (Å²) in [6.07, 6.45) is 0. The highest BCUT2D eigenvalue weighted by Crippen LogP contribution is 2.28. The Morgan fingerprint density at radius 3 is 2.92 bits per heavy atom. The van der Waals surface area contributed by atoms with Crippen LogP contribution in [0.25, 0.3) is 0 Å². The van der Waals surface area contributed by atoms with E-state index in [1.165, 1.54) is 0 Å². The molecule has 3 rings (SSSR count). The van der Waals surface area contributed by atoms with Gasteiger partial charge in [-0.3, -0.25) is 14.3 Å². The van der Waals surface area contributed by atoms with Gasteiger partial charge in [0.2, 0.25) is 0 Å². The molecule has 0 saturated carbocycles. The summed E-state index contributed by atoms with van der Waals surface area (Å²) in [5, 5.41) is 10.1. The number of benzene rings is 1. The molecule has 25 heavy (non-hydrogen) atoms. The van der Waals surface area contributed by atoms with Crippen molar-refractivity contribution >= 4 is 17.5 Å². The number of nitrogens with one attached hydrogen (secondary N) is 2. The number of amides is 2. The number of nitrogens with zero attached hydrogens (tertiary/aromatic N) is 2. The molecule has 132 valence electrons. The number of hydrogen-bond acceptors (Lipinski definition) is 4. The van der Waals surface area contributed by atoms with Crippen molar-refractivity contribution in [3.8, 4) is 5.75 Å². The van der Waals surface area contributed by atoms with Gasteiger partial charge in [-0.25, -0.2) is 0 Å². The molecule has 0 radical (unpaired) electrons. The predicted molar refractivity (Wildman–Crippen MR) is 93.8 cm³/mol. The van der Waals surface area contributed by atoms with Gasteiger partial charge < -0.3 is 15.4 Å². The van der Waals surface area contributed by atoms with Gasteiger partial charge in [0.05, 0.1) is 11.4 Å². The summed E-state index contributed by atoms with van der Waals surface area (Å²) in [7, 11) is 0. The molecule has 0 spiro atoms. The van der Waals surface area contributed by atoms with E-state index in [1.54, 1.807) is 18.2 Å². The second-order valence-corrected chi connectivity index (χ2v) is 6.47. The van der Waals surface area contributed by atoms with Gasteiger partial charge in [0.15, 0.2) is 6.61 Å². The normalized spacial score (nSPS) is 14.3. The van der Waals surface area contributed by atoms with E-state index in [-0.39, 0.29) is 24.3 Å². The number of aryl methyl sites for hydroxylation is 2. The zero-order valence-corrected chi connectivity index (χ0v) is 14.6. The Labute approximate surface area is 146 Å². The van der Waals surface area contributed by atoms with Crippen molar-refractivity contribution in [2.45, 2.75) is 27.3 Å². The summed E-state index contributed by atoms with van der Waals surface area (Å²) >= 11 is 0. The van der Waals surface area contributed by atoms with Gasteiger partial charge in [-0.2, -0.15) is 5.10 Å². The zero-order valence-electron chi connectivity index (χ0n) is 14.6. The number of fused-ring (bicyclic) bond motifs is 1. The minimum absolute atomic E-state index is 0.0300. The van der Waals surface area contributed by atoms with Crippen LogP contribution in [0.1, 0.15) is 28.7 Å². The van der Waals surface area contributed by atoms with Crippen LogP contribution >= 0.6 is 0 Å². The molecule has 2 heterocycles. The molecule has 1 aliphatic rings. The van der Waals surface area contributed by atoms with Crippen LogP contribution in [0.15, 0.2) is 24.3 Å². The standard InChI is InChI=1S/C18H22N4O3/c1-11(9-22-13(3)6-12(2)21-22)8-19-18(24)14-4-5-15-16(7-14)25-10-17(23)20-15/h4-7,11H,8-10H2,1-3H3,(H,19,24)(H,20,23). The van der Waals surface area contributed by atoms with Gasteiger partial charge >= 0.3 is 0 Å². The molecule has 2 aromatic rings. The van der Waals surface area contributed by atoms with Gasteiger partial charge in [0, 0.05) is 24.3 Å². The SMILES string of the molecule is Cc1cc(C)n(CC(C)CNC(=O)c2ccc3c(c2)OCC(=O)N3)n1. The lowest BCUT2D eigenvalue weighted by Gasteiger charge is -2.18. The number of anilines is 1. The maximum absolute atomic E-state index is 12.3. The Hall–Kier alpha value is -2.83. The molecular weight excluding hydrogens is 320 g/mol. The number of rotatable bonds is 5. The van der Waals surface area contributed by atoms with Crippen molar-refractivity contribution in [2.75, 3.05) is 18.5 Å². The molecule has 2 amide bonds. The fourth-order valence-corrected chi connectivity index (χ4v) is 2.80. The number of hydrogen-bond donors (Lipinski definition) is 2. The monoisotopic (exact) mass is 342 g/mol. The van der Waals surface area contributed by atoms with Crippen molar-refractivity contribution in [2.24, 2.45) is 5.92 Å². The molecule has 1 unspecified atom stereocenters. The van der Waals surface area contributed by atoms with Crippen LogP contribution in [-0.4, -0.2) is 34.7 Å². The first-order chi connectivity index (χ1) is 11.9. The lowest BCUT2D eigenvalue weighted by Crippen LogP contribution is -2.31. The van der Waals surface area contributed by atoms with Gasteiger partial charge in [0.1, 0.15) is 5.75 Å². The summed E-state index contributed by atoms with van der Waals surface area (Å²) in [4.78, 5) is 23.6. The van der Waals surface area contributed by atoms with Crippen LogP contribution in [0, 0.1) is 19.8 Å².